The number of rotatable bonds is 5. The van der Waals surface area contributed by atoms with Crippen LogP contribution in [0.4, 0.5) is 4.39 Å². The average molecular weight is 515 g/mol. The summed E-state index contributed by atoms with van der Waals surface area (Å²) in [5.74, 6) is 0.460. The lowest BCUT2D eigenvalue weighted by Crippen LogP contribution is -2.52. The second-order valence-electron chi connectivity index (χ2n) is 10.3. The molecule has 2 saturated heterocycles. The number of fused-ring (bicyclic) bond motifs is 1. The molecule has 2 aliphatic heterocycles. The number of aromatic amines is 1. The van der Waals surface area contributed by atoms with E-state index < -0.39 is 5.54 Å². The molecule has 1 unspecified atom stereocenters. The summed E-state index contributed by atoms with van der Waals surface area (Å²) in [5.41, 5.74) is 4.05. The highest BCUT2D eigenvalue weighted by Crippen LogP contribution is 2.39. The number of hydrogen-bond acceptors (Lipinski definition) is 6. The van der Waals surface area contributed by atoms with Gasteiger partial charge in [0.15, 0.2) is 0 Å². The first-order chi connectivity index (χ1) is 18.5. The third-order valence-corrected chi connectivity index (χ3v) is 7.94. The van der Waals surface area contributed by atoms with E-state index in [-0.39, 0.29) is 11.9 Å². The molecule has 7 nitrogen and oxygen atoms in total. The van der Waals surface area contributed by atoms with Crippen molar-refractivity contribution in [3.05, 3.63) is 65.8 Å². The molecular formula is C30H31FN4O3. The number of pyridine rings is 1. The molecule has 6 rings (SSSR count). The van der Waals surface area contributed by atoms with Crippen LogP contribution in [-0.4, -0.2) is 66.0 Å². The molecular weight excluding hydrogens is 483 g/mol. The molecule has 3 aliphatic rings. The van der Waals surface area contributed by atoms with Crippen LogP contribution in [0, 0.1) is 11.3 Å². The van der Waals surface area contributed by atoms with Gasteiger partial charge >= 0.3 is 0 Å². The predicted molar refractivity (Wildman–Crippen MR) is 143 cm³/mol. The zero-order valence-corrected chi connectivity index (χ0v) is 21.5. The number of H-pyrrole nitrogens is 1. The van der Waals surface area contributed by atoms with Crippen molar-refractivity contribution in [2.24, 2.45) is 0 Å². The Labute approximate surface area is 221 Å². The number of hydrogen-bond donors (Lipinski definition) is 1. The second-order valence-corrected chi connectivity index (χ2v) is 10.3. The van der Waals surface area contributed by atoms with Gasteiger partial charge in [-0.1, -0.05) is 12.1 Å². The molecule has 4 heterocycles. The standard InChI is InChI=1S/C30H31FN4O3/c1-30(35-10-14-37-15-11-35)8-4-21(17-28(30)31)26-18-25-24(5-9-33-29(25)34-26)20-2-3-27(22(16-20)19-32)38-23-6-12-36-13-7-23/h2-5,9,16-18,23H,6-8,10-15H2,1H3,(H,33,34). The molecule has 0 radical (unpaired) electrons. The maximum Gasteiger partial charge on any atom is 0.138 e. The predicted octanol–water partition coefficient (Wildman–Crippen LogP) is 5.39. The van der Waals surface area contributed by atoms with Crippen molar-refractivity contribution in [3.63, 3.8) is 0 Å². The van der Waals surface area contributed by atoms with Crippen molar-refractivity contribution in [1.29, 1.82) is 5.26 Å². The van der Waals surface area contributed by atoms with Crippen molar-refractivity contribution < 1.29 is 18.6 Å². The molecule has 196 valence electrons. The summed E-state index contributed by atoms with van der Waals surface area (Å²) >= 11 is 0. The van der Waals surface area contributed by atoms with Crippen molar-refractivity contribution in [1.82, 2.24) is 14.9 Å². The average Bonchev–Trinajstić information content (AvgIpc) is 3.40. The lowest BCUT2D eigenvalue weighted by atomic mass is 9.86. The van der Waals surface area contributed by atoms with Gasteiger partial charge in [-0.15, -0.1) is 0 Å². The van der Waals surface area contributed by atoms with E-state index in [4.69, 9.17) is 14.2 Å². The number of allylic oxidation sites excluding steroid dienone is 2. The van der Waals surface area contributed by atoms with E-state index >= 15 is 4.39 Å². The summed E-state index contributed by atoms with van der Waals surface area (Å²) in [5, 5.41) is 10.8. The maximum absolute atomic E-state index is 15.5. The minimum absolute atomic E-state index is 0.0592. The third kappa shape index (κ3) is 4.62. The molecule has 8 heteroatoms. The Morgan fingerprint density at radius 2 is 1.92 bits per heavy atom. The lowest BCUT2D eigenvalue weighted by molar-refractivity contribution is -0.00993. The van der Waals surface area contributed by atoms with Gasteiger partial charge in [-0.3, -0.25) is 4.90 Å². The highest BCUT2D eigenvalue weighted by molar-refractivity contribution is 5.96. The molecule has 3 aromatic rings. The van der Waals surface area contributed by atoms with E-state index in [1.54, 1.807) is 12.3 Å². The summed E-state index contributed by atoms with van der Waals surface area (Å²) in [7, 11) is 0. The van der Waals surface area contributed by atoms with Crippen LogP contribution >= 0.6 is 0 Å². The van der Waals surface area contributed by atoms with Crippen LogP contribution in [0.2, 0.25) is 0 Å². The Balaban J connectivity index is 1.28. The van der Waals surface area contributed by atoms with Crippen molar-refractivity contribution in [2.75, 3.05) is 39.5 Å². The summed E-state index contributed by atoms with van der Waals surface area (Å²) in [4.78, 5) is 10.1. The lowest BCUT2D eigenvalue weighted by Gasteiger charge is -2.43. The molecule has 0 spiro atoms. The van der Waals surface area contributed by atoms with Crippen LogP contribution in [0.3, 0.4) is 0 Å². The van der Waals surface area contributed by atoms with Crippen molar-refractivity contribution >= 4 is 16.6 Å². The third-order valence-electron chi connectivity index (χ3n) is 7.94. The molecule has 2 aromatic heterocycles. The first-order valence-corrected chi connectivity index (χ1v) is 13.2. The van der Waals surface area contributed by atoms with Gasteiger partial charge in [0.1, 0.15) is 29.4 Å². The fourth-order valence-electron chi connectivity index (χ4n) is 5.58. The molecule has 2 fully saturated rings. The molecule has 0 amide bonds. The van der Waals surface area contributed by atoms with Gasteiger partial charge in [0.05, 0.1) is 37.5 Å². The largest absolute Gasteiger partial charge is 0.489 e. The summed E-state index contributed by atoms with van der Waals surface area (Å²) in [6, 6.07) is 12.0. The van der Waals surface area contributed by atoms with Gasteiger partial charge in [-0.25, -0.2) is 9.37 Å². The molecule has 0 saturated carbocycles. The number of nitriles is 1. The van der Waals surface area contributed by atoms with Crippen LogP contribution < -0.4 is 4.74 Å². The Kier molecular flexibility index (Phi) is 6.75. The second kappa shape index (κ2) is 10.3. The SMILES string of the molecule is CC1(N2CCOCC2)CC=C(c2cc3c(-c4ccc(OC5CCOCC5)c(C#N)c4)ccnc3[nH]2)C=C1F. The zero-order valence-electron chi connectivity index (χ0n) is 21.5. The quantitative estimate of drug-likeness (QED) is 0.492. The molecule has 0 bridgehead atoms. The van der Waals surface area contributed by atoms with Crippen LogP contribution in [0.25, 0.3) is 27.7 Å². The molecule has 1 aromatic carbocycles. The number of aromatic nitrogens is 2. The van der Waals surface area contributed by atoms with Gasteiger partial charge in [0, 0.05) is 43.2 Å². The number of halogens is 1. The van der Waals surface area contributed by atoms with Gasteiger partial charge in [0.2, 0.25) is 0 Å². The highest BCUT2D eigenvalue weighted by Gasteiger charge is 2.38. The van der Waals surface area contributed by atoms with Crippen molar-refractivity contribution in [3.8, 4) is 22.9 Å². The fraction of sp³-hybridized carbons (Fsp3) is 0.400. The van der Waals surface area contributed by atoms with Gasteiger partial charge in [-0.2, -0.15) is 5.26 Å². The van der Waals surface area contributed by atoms with Gasteiger partial charge in [0.25, 0.3) is 0 Å². The van der Waals surface area contributed by atoms with Crippen molar-refractivity contribution in [2.45, 2.75) is 37.8 Å². The van der Waals surface area contributed by atoms with E-state index in [1.165, 1.54) is 0 Å². The monoisotopic (exact) mass is 514 g/mol. The summed E-state index contributed by atoms with van der Waals surface area (Å²) in [6.07, 6.45) is 7.76. The fourth-order valence-corrected chi connectivity index (χ4v) is 5.58. The Morgan fingerprint density at radius 3 is 2.68 bits per heavy atom. The Bertz CT molecular complexity index is 1440. The van der Waals surface area contributed by atoms with Crippen LogP contribution in [0.1, 0.15) is 37.4 Å². The van der Waals surface area contributed by atoms with E-state index in [0.717, 1.165) is 59.4 Å². The molecule has 1 atom stereocenters. The number of benzene rings is 1. The minimum Gasteiger partial charge on any atom is -0.489 e. The Morgan fingerprint density at radius 1 is 1.13 bits per heavy atom. The molecule has 38 heavy (non-hydrogen) atoms. The first-order valence-electron chi connectivity index (χ1n) is 13.2. The maximum atomic E-state index is 15.5. The molecule has 1 aliphatic carbocycles. The van der Waals surface area contributed by atoms with E-state index in [1.807, 2.05) is 37.3 Å². The van der Waals surface area contributed by atoms with Gasteiger partial charge < -0.3 is 19.2 Å². The van der Waals surface area contributed by atoms with Crippen LogP contribution in [-0.2, 0) is 9.47 Å². The number of nitrogens with one attached hydrogen (secondary N) is 1. The summed E-state index contributed by atoms with van der Waals surface area (Å²) in [6.45, 7) is 6.03. The number of morpholine rings is 1. The Hall–Kier alpha value is -3.51. The van der Waals surface area contributed by atoms with Crippen LogP contribution in [0.15, 0.2) is 54.5 Å². The summed E-state index contributed by atoms with van der Waals surface area (Å²) < 4.78 is 32.5. The van der Waals surface area contributed by atoms with E-state index in [0.29, 0.717) is 44.2 Å². The zero-order chi connectivity index (χ0) is 26.1. The smallest absolute Gasteiger partial charge is 0.138 e. The topological polar surface area (TPSA) is 83.4 Å². The minimum atomic E-state index is -0.648. The van der Waals surface area contributed by atoms with Gasteiger partial charge in [-0.05, 0) is 60.4 Å². The van der Waals surface area contributed by atoms with Crippen LogP contribution in [0.5, 0.6) is 5.75 Å². The van der Waals surface area contributed by atoms with E-state index in [9.17, 15) is 5.26 Å². The highest BCUT2D eigenvalue weighted by atomic mass is 19.1. The number of nitrogens with zero attached hydrogens (tertiary/aromatic N) is 3. The van der Waals surface area contributed by atoms with E-state index in [2.05, 4.69) is 27.0 Å². The first kappa shape index (κ1) is 24.8. The normalized spacial score (nSPS) is 23.1. The number of ether oxygens (including phenoxy) is 3. The molecule has 1 N–H and O–H groups in total.